The van der Waals surface area contributed by atoms with Crippen molar-refractivity contribution in [2.24, 2.45) is 5.92 Å². The van der Waals surface area contributed by atoms with E-state index in [9.17, 15) is 14.0 Å². The number of benzene rings is 1. The van der Waals surface area contributed by atoms with E-state index in [0.717, 1.165) is 18.5 Å². The lowest BCUT2D eigenvalue weighted by molar-refractivity contribution is -0.142. The first-order valence-corrected chi connectivity index (χ1v) is 9.68. The summed E-state index contributed by atoms with van der Waals surface area (Å²) in [6.07, 6.45) is 3.27. The van der Waals surface area contributed by atoms with Gasteiger partial charge in [0.05, 0.1) is 23.0 Å². The zero-order valence-corrected chi connectivity index (χ0v) is 16.0. The highest BCUT2D eigenvalue weighted by molar-refractivity contribution is 6.30. The van der Waals surface area contributed by atoms with Gasteiger partial charge in [-0.2, -0.15) is 0 Å². The van der Waals surface area contributed by atoms with Crippen LogP contribution in [0.3, 0.4) is 0 Å². The number of halogens is 2. The number of likely N-dealkylation sites (N-methyl/N-ethyl adjacent to an activating group) is 1. The second-order valence-corrected chi connectivity index (χ2v) is 7.91. The smallest absolute Gasteiger partial charge is 0.315 e. The van der Waals surface area contributed by atoms with E-state index in [1.165, 1.54) is 12.1 Å². The minimum Gasteiger partial charge on any atom is -0.481 e. The quantitative estimate of drug-likeness (QED) is 0.728. The Kier molecular flexibility index (Phi) is 6.22. The van der Waals surface area contributed by atoms with Crippen LogP contribution in [-0.4, -0.2) is 47.7 Å². The van der Waals surface area contributed by atoms with E-state index in [0.29, 0.717) is 25.7 Å². The molecule has 6 nitrogen and oxygen atoms in total. The Bertz CT molecular complexity index is 709. The summed E-state index contributed by atoms with van der Waals surface area (Å²) >= 11 is 5.78. The van der Waals surface area contributed by atoms with Gasteiger partial charge in [-0.05, 0) is 56.8 Å². The summed E-state index contributed by atoms with van der Waals surface area (Å²) in [7, 11) is 1.95. The summed E-state index contributed by atoms with van der Waals surface area (Å²) < 4.78 is 13.9. The molecule has 2 fully saturated rings. The molecule has 2 amide bonds. The molecule has 1 aromatic carbocycles. The molecule has 2 aliphatic rings. The molecule has 27 heavy (non-hydrogen) atoms. The molecule has 0 radical (unpaired) electrons. The third kappa shape index (κ3) is 4.71. The van der Waals surface area contributed by atoms with Gasteiger partial charge in [0.1, 0.15) is 5.82 Å². The van der Waals surface area contributed by atoms with Gasteiger partial charge in [-0.1, -0.05) is 17.7 Å². The molecule has 1 aliphatic carbocycles. The van der Waals surface area contributed by atoms with Crippen LogP contribution in [0.2, 0.25) is 5.02 Å². The van der Waals surface area contributed by atoms with Crippen molar-refractivity contribution in [3.8, 4) is 0 Å². The zero-order valence-electron chi connectivity index (χ0n) is 15.3. The number of carbonyl (C=O) groups is 2. The molecule has 148 valence electrons. The van der Waals surface area contributed by atoms with Crippen molar-refractivity contribution < 1.29 is 19.1 Å². The van der Waals surface area contributed by atoms with E-state index in [2.05, 4.69) is 15.5 Å². The number of nitrogens with zero attached hydrogens (tertiary/aromatic N) is 1. The molecule has 1 aromatic rings. The highest BCUT2D eigenvalue weighted by Crippen LogP contribution is 2.32. The Morgan fingerprint density at radius 1 is 1.19 bits per heavy atom. The minimum atomic E-state index is -0.759. The van der Waals surface area contributed by atoms with E-state index in [-0.39, 0.29) is 35.1 Å². The fourth-order valence-electron chi connectivity index (χ4n) is 4.16. The predicted octanol–water partition coefficient (Wildman–Crippen LogP) is 3.17. The molecule has 1 saturated heterocycles. The van der Waals surface area contributed by atoms with Crippen LogP contribution >= 0.6 is 11.6 Å². The van der Waals surface area contributed by atoms with Crippen molar-refractivity contribution in [2.75, 3.05) is 13.6 Å². The average Bonchev–Trinajstić information content (AvgIpc) is 2.98. The van der Waals surface area contributed by atoms with Gasteiger partial charge in [-0.15, -0.1) is 0 Å². The Morgan fingerprint density at radius 2 is 1.89 bits per heavy atom. The Labute approximate surface area is 163 Å². The fraction of sp³-hybridized carbons (Fsp3) is 0.579. The highest BCUT2D eigenvalue weighted by atomic mass is 35.5. The maximum absolute atomic E-state index is 13.9. The van der Waals surface area contributed by atoms with Crippen LogP contribution in [0.4, 0.5) is 9.18 Å². The van der Waals surface area contributed by atoms with E-state index >= 15 is 0 Å². The molecule has 1 saturated carbocycles. The maximum atomic E-state index is 13.9. The van der Waals surface area contributed by atoms with E-state index in [1.54, 1.807) is 6.07 Å². The van der Waals surface area contributed by atoms with Gasteiger partial charge >= 0.3 is 12.0 Å². The first kappa shape index (κ1) is 19.9. The van der Waals surface area contributed by atoms with Crippen molar-refractivity contribution in [1.82, 2.24) is 15.5 Å². The van der Waals surface area contributed by atoms with Gasteiger partial charge in [-0.25, -0.2) is 9.18 Å². The molecule has 8 heteroatoms. The molecular weight excluding hydrogens is 373 g/mol. The van der Waals surface area contributed by atoms with Crippen LogP contribution in [0, 0.1) is 11.7 Å². The number of rotatable bonds is 4. The largest absolute Gasteiger partial charge is 0.481 e. The van der Waals surface area contributed by atoms with Crippen molar-refractivity contribution in [3.05, 3.63) is 34.6 Å². The molecule has 0 spiro atoms. The number of carbonyl (C=O) groups excluding carboxylic acids is 1. The highest BCUT2D eigenvalue weighted by Gasteiger charge is 2.35. The number of aliphatic carboxylic acids is 1. The lowest BCUT2D eigenvalue weighted by Crippen LogP contribution is -2.48. The Morgan fingerprint density at radius 3 is 2.52 bits per heavy atom. The molecule has 0 bridgehead atoms. The van der Waals surface area contributed by atoms with Gasteiger partial charge in [0.2, 0.25) is 0 Å². The normalized spacial score (nSPS) is 28.7. The van der Waals surface area contributed by atoms with Crippen molar-refractivity contribution >= 4 is 23.6 Å². The van der Waals surface area contributed by atoms with Crippen molar-refractivity contribution in [2.45, 2.75) is 50.2 Å². The molecule has 3 N–H and O–H groups in total. The summed E-state index contributed by atoms with van der Waals surface area (Å²) in [6, 6.07) is 4.23. The summed E-state index contributed by atoms with van der Waals surface area (Å²) in [5.41, 5.74) is 0.782. The molecule has 1 aliphatic heterocycles. The lowest BCUT2D eigenvalue weighted by Gasteiger charge is -2.29. The van der Waals surface area contributed by atoms with Crippen LogP contribution < -0.4 is 10.6 Å². The van der Waals surface area contributed by atoms with E-state index < -0.39 is 11.8 Å². The number of likely N-dealkylation sites (tertiary alicyclic amines) is 1. The Hall–Kier alpha value is -1.86. The molecular formula is C19H25ClFN3O3. The lowest BCUT2D eigenvalue weighted by atomic mass is 9.86. The van der Waals surface area contributed by atoms with E-state index in [1.807, 2.05) is 7.05 Å². The van der Waals surface area contributed by atoms with Gasteiger partial charge in [0, 0.05) is 12.6 Å². The summed E-state index contributed by atoms with van der Waals surface area (Å²) in [5, 5.41) is 15.1. The van der Waals surface area contributed by atoms with Gasteiger partial charge in [0.25, 0.3) is 0 Å². The second-order valence-electron chi connectivity index (χ2n) is 7.50. The predicted molar refractivity (Wildman–Crippen MR) is 100 cm³/mol. The molecule has 2 unspecified atom stereocenters. The zero-order chi connectivity index (χ0) is 19.6. The second kappa shape index (κ2) is 8.44. The summed E-state index contributed by atoms with van der Waals surface area (Å²) in [5.74, 6) is -1.53. The first-order valence-electron chi connectivity index (χ1n) is 9.30. The van der Waals surface area contributed by atoms with E-state index in [4.69, 9.17) is 16.7 Å². The number of carboxylic acid groups (broad SMARTS) is 1. The van der Waals surface area contributed by atoms with Crippen LogP contribution in [0.15, 0.2) is 18.2 Å². The average molecular weight is 398 g/mol. The first-order chi connectivity index (χ1) is 12.8. The summed E-state index contributed by atoms with van der Waals surface area (Å²) in [6.45, 7) is 0.795. The van der Waals surface area contributed by atoms with Crippen molar-refractivity contribution in [3.63, 3.8) is 0 Å². The minimum absolute atomic E-state index is 0.00819. The fourth-order valence-corrected chi connectivity index (χ4v) is 4.28. The maximum Gasteiger partial charge on any atom is 0.315 e. The monoisotopic (exact) mass is 397 g/mol. The van der Waals surface area contributed by atoms with Crippen LogP contribution in [0.5, 0.6) is 0 Å². The number of hydrogen-bond acceptors (Lipinski definition) is 3. The van der Waals surface area contributed by atoms with Gasteiger partial charge < -0.3 is 15.7 Å². The standard InChI is InChI=1S/C19H25ClFN3O3/c1-24-9-8-16(17(24)12-4-7-14(20)15(21)10-12)23-19(27)22-13-5-2-11(3-6-13)18(25)26/h4,7,10-11,13,16-17H,2-3,5-6,8-9H2,1H3,(H,25,26)(H2,22,23,27). The third-order valence-corrected chi connectivity index (χ3v) is 5.97. The third-order valence-electron chi connectivity index (χ3n) is 5.66. The Balaban J connectivity index is 1.58. The molecule has 3 rings (SSSR count). The number of urea groups is 1. The molecule has 1 heterocycles. The topological polar surface area (TPSA) is 81.7 Å². The number of amides is 2. The van der Waals surface area contributed by atoms with Crippen LogP contribution in [0.1, 0.15) is 43.7 Å². The van der Waals surface area contributed by atoms with Crippen LogP contribution in [-0.2, 0) is 4.79 Å². The van der Waals surface area contributed by atoms with Crippen LogP contribution in [0.25, 0.3) is 0 Å². The summed E-state index contributed by atoms with van der Waals surface area (Å²) in [4.78, 5) is 25.5. The van der Waals surface area contributed by atoms with Gasteiger partial charge in [0.15, 0.2) is 0 Å². The molecule has 2 atom stereocenters. The molecule has 0 aromatic heterocycles. The van der Waals surface area contributed by atoms with Crippen molar-refractivity contribution in [1.29, 1.82) is 0 Å². The number of carboxylic acids is 1. The number of nitrogens with one attached hydrogen (secondary N) is 2. The number of hydrogen-bond donors (Lipinski definition) is 3. The SMILES string of the molecule is CN1CCC(NC(=O)NC2CCC(C(=O)O)CC2)C1c1ccc(Cl)c(F)c1. The van der Waals surface area contributed by atoms with Gasteiger partial charge in [-0.3, -0.25) is 9.69 Å².